The van der Waals surface area contributed by atoms with Crippen molar-refractivity contribution in [3.8, 4) is 0 Å². The van der Waals surface area contributed by atoms with Crippen LogP contribution in [0.2, 0.25) is 0 Å². The normalized spacial score (nSPS) is 23.4. The molecule has 2 heterocycles. The maximum Gasteiger partial charge on any atom is 0.410 e. The second-order valence-electron chi connectivity index (χ2n) is 7.98. The van der Waals surface area contributed by atoms with Gasteiger partial charge in [-0.25, -0.2) is 4.79 Å². The van der Waals surface area contributed by atoms with Crippen LogP contribution in [0.4, 0.5) is 4.79 Å². The molecule has 0 atom stereocenters. The Labute approximate surface area is 160 Å². The Morgan fingerprint density at radius 3 is 2.52 bits per heavy atom. The lowest BCUT2D eigenvalue weighted by Gasteiger charge is -2.46. The van der Waals surface area contributed by atoms with Crippen molar-refractivity contribution in [1.29, 1.82) is 0 Å². The molecule has 2 amide bonds. The third-order valence-electron chi connectivity index (χ3n) is 6.45. The monoisotopic (exact) mass is 371 g/mol. The molecule has 2 aliphatic heterocycles. The maximum absolute atomic E-state index is 12.7. The molecule has 1 aromatic carbocycles. The van der Waals surface area contributed by atoms with E-state index in [1.54, 1.807) is 4.90 Å². The molecule has 1 aliphatic carbocycles. The highest BCUT2D eigenvalue weighted by Gasteiger charge is 2.52. The third kappa shape index (κ3) is 3.68. The molecule has 1 aromatic rings. The van der Waals surface area contributed by atoms with E-state index in [9.17, 15) is 9.59 Å². The minimum atomic E-state index is -0.432. The van der Waals surface area contributed by atoms with E-state index in [1.807, 2.05) is 30.3 Å². The minimum Gasteiger partial charge on any atom is -0.445 e. The third-order valence-corrected chi connectivity index (χ3v) is 6.45. The molecule has 2 saturated heterocycles. The molecule has 0 bridgehead atoms. The van der Waals surface area contributed by atoms with Gasteiger partial charge in [0.25, 0.3) is 0 Å². The highest BCUT2D eigenvalue weighted by atomic mass is 16.6. The first-order valence-corrected chi connectivity index (χ1v) is 10.2. The first-order chi connectivity index (χ1) is 13.2. The van der Waals surface area contributed by atoms with Crippen LogP contribution in [0.25, 0.3) is 0 Å². The molecule has 6 nitrogen and oxygen atoms in total. The lowest BCUT2D eigenvalue weighted by molar-refractivity contribution is -0.130. The highest BCUT2D eigenvalue weighted by Crippen LogP contribution is 2.37. The lowest BCUT2D eigenvalue weighted by Crippen LogP contribution is -2.59. The van der Waals surface area contributed by atoms with Crippen LogP contribution in [-0.4, -0.2) is 53.1 Å². The standard InChI is InChI=1S/C21H29N3O3/c25-19-21(24(16-22-19)18-9-5-2-6-10-18)11-13-23(14-12-21)20(26)27-15-17-7-3-1-4-8-17/h1,3-4,7-8,18H,2,5-6,9-16H2,(H,22,25). The average Bonchev–Trinajstić information content (AvgIpc) is 3.04. The minimum absolute atomic E-state index is 0.144. The number of nitrogens with zero attached hydrogens (tertiary/aromatic N) is 2. The number of hydrogen-bond donors (Lipinski definition) is 1. The Hall–Kier alpha value is -2.08. The van der Waals surface area contributed by atoms with Gasteiger partial charge in [0, 0.05) is 19.1 Å². The molecule has 1 N–H and O–H groups in total. The number of amides is 2. The van der Waals surface area contributed by atoms with Gasteiger partial charge in [-0.3, -0.25) is 9.69 Å². The van der Waals surface area contributed by atoms with Crippen LogP contribution < -0.4 is 5.32 Å². The smallest absolute Gasteiger partial charge is 0.410 e. The number of nitrogens with one attached hydrogen (secondary N) is 1. The van der Waals surface area contributed by atoms with Gasteiger partial charge in [-0.1, -0.05) is 49.6 Å². The Morgan fingerprint density at radius 1 is 1.11 bits per heavy atom. The summed E-state index contributed by atoms with van der Waals surface area (Å²) in [6.45, 7) is 2.09. The first kappa shape index (κ1) is 18.3. The zero-order chi connectivity index (χ0) is 18.7. The summed E-state index contributed by atoms with van der Waals surface area (Å²) in [4.78, 5) is 29.3. The molecule has 1 spiro atoms. The molecule has 1 saturated carbocycles. The van der Waals surface area contributed by atoms with Crippen LogP contribution in [0.3, 0.4) is 0 Å². The number of hydrogen-bond acceptors (Lipinski definition) is 4. The van der Waals surface area contributed by atoms with E-state index in [0.29, 0.717) is 38.6 Å². The van der Waals surface area contributed by atoms with E-state index >= 15 is 0 Å². The summed E-state index contributed by atoms with van der Waals surface area (Å²) in [5, 5.41) is 3.07. The predicted molar refractivity (Wildman–Crippen MR) is 102 cm³/mol. The summed E-state index contributed by atoms with van der Waals surface area (Å²) in [5.74, 6) is 0.144. The quantitative estimate of drug-likeness (QED) is 0.887. The zero-order valence-electron chi connectivity index (χ0n) is 15.9. The van der Waals surface area contributed by atoms with E-state index in [-0.39, 0.29) is 18.6 Å². The Morgan fingerprint density at radius 2 is 1.81 bits per heavy atom. The number of carbonyl (C=O) groups excluding carboxylic acids is 2. The van der Waals surface area contributed by atoms with Gasteiger partial charge in [0.15, 0.2) is 0 Å². The molecular formula is C21H29N3O3. The first-order valence-electron chi connectivity index (χ1n) is 10.2. The van der Waals surface area contributed by atoms with Gasteiger partial charge >= 0.3 is 6.09 Å². The maximum atomic E-state index is 12.7. The average molecular weight is 371 g/mol. The topological polar surface area (TPSA) is 61.9 Å². The highest BCUT2D eigenvalue weighted by molar-refractivity contribution is 5.88. The summed E-state index contributed by atoms with van der Waals surface area (Å²) in [5.41, 5.74) is 0.552. The van der Waals surface area contributed by atoms with Crippen LogP contribution in [-0.2, 0) is 16.1 Å². The van der Waals surface area contributed by atoms with Gasteiger partial charge in [0.2, 0.25) is 5.91 Å². The Kier molecular flexibility index (Phi) is 5.34. The molecule has 0 unspecified atom stereocenters. The fourth-order valence-electron chi connectivity index (χ4n) is 4.86. The summed E-state index contributed by atoms with van der Waals surface area (Å²) >= 11 is 0. The van der Waals surface area contributed by atoms with Crippen molar-refractivity contribution < 1.29 is 14.3 Å². The zero-order valence-corrected chi connectivity index (χ0v) is 15.9. The van der Waals surface area contributed by atoms with Crippen molar-refractivity contribution in [2.24, 2.45) is 0 Å². The van der Waals surface area contributed by atoms with E-state index in [4.69, 9.17) is 4.74 Å². The second kappa shape index (κ2) is 7.89. The number of ether oxygens (including phenoxy) is 1. The van der Waals surface area contributed by atoms with Crippen LogP contribution in [0.1, 0.15) is 50.5 Å². The van der Waals surface area contributed by atoms with Crippen LogP contribution in [0.5, 0.6) is 0 Å². The van der Waals surface area contributed by atoms with E-state index in [2.05, 4.69) is 10.2 Å². The number of piperidine rings is 1. The van der Waals surface area contributed by atoms with Crippen molar-refractivity contribution in [2.45, 2.75) is 63.1 Å². The molecule has 6 heteroatoms. The van der Waals surface area contributed by atoms with Gasteiger partial charge in [-0.2, -0.15) is 0 Å². The Bertz CT molecular complexity index is 665. The van der Waals surface area contributed by atoms with Gasteiger partial charge < -0.3 is 15.0 Å². The van der Waals surface area contributed by atoms with Crippen molar-refractivity contribution in [2.75, 3.05) is 19.8 Å². The molecule has 3 aliphatic rings. The van der Waals surface area contributed by atoms with Gasteiger partial charge in [-0.05, 0) is 31.2 Å². The summed E-state index contributed by atoms with van der Waals surface area (Å²) < 4.78 is 5.46. The summed E-state index contributed by atoms with van der Waals surface area (Å²) in [6, 6.07) is 10.2. The number of rotatable bonds is 3. The van der Waals surface area contributed by atoms with Crippen molar-refractivity contribution in [3.63, 3.8) is 0 Å². The van der Waals surface area contributed by atoms with Crippen molar-refractivity contribution in [3.05, 3.63) is 35.9 Å². The summed E-state index contributed by atoms with van der Waals surface area (Å²) in [6.07, 6.45) is 7.27. The molecule has 27 heavy (non-hydrogen) atoms. The molecular weight excluding hydrogens is 342 g/mol. The second-order valence-corrected chi connectivity index (χ2v) is 7.98. The Balaban J connectivity index is 1.35. The van der Waals surface area contributed by atoms with Crippen LogP contribution >= 0.6 is 0 Å². The van der Waals surface area contributed by atoms with Gasteiger partial charge in [-0.15, -0.1) is 0 Å². The van der Waals surface area contributed by atoms with Crippen LogP contribution in [0.15, 0.2) is 30.3 Å². The fourth-order valence-corrected chi connectivity index (χ4v) is 4.86. The molecule has 0 radical (unpaired) electrons. The van der Waals surface area contributed by atoms with Crippen molar-refractivity contribution in [1.82, 2.24) is 15.1 Å². The van der Waals surface area contributed by atoms with E-state index in [1.165, 1.54) is 32.1 Å². The number of carbonyl (C=O) groups is 2. The fraction of sp³-hybridized carbons (Fsp3) is 0.619. The summed E-state index contributed by atoms with van der Waals surface area (Å²) in [7, 11) is 0. The van der Waals surface area contributed by atoms with Crippen molar-refractivity contribution >= 4 is 12.0 Å². The largest absolute Gasteiger partial charge is 0.445 e. The molecule has 0 aromatic heterocycles. The number of likely N-dealkylation sites (tertiary alicyclic amines) is 1. The predicted octanol–water partition coefficient (Wildman–Crippen LogP) is 2.88. The molecule has 3 fully saturated rings. The van der Waals surface area contributed by atoms with Gasteiger partial charge in [0.05, 0.1) is 6.67 Å². The van der Waals surface area contributed by atoms with E-state index < -0.39 is 5.54 Å². The SMILES string of the molecule is O=C(OCc1ccccc1)N1CCC2(CC1)C(=O)NCN2C1CCCCC1. The van der Waals surface area contributed by atoms with Gasteiger partial charge in [0.1, 0.15) is 12.1 Å². The van der Waals surface area contributed by atoms with E-state index in [0.717, 1.165) is 5.56 Å². The molecule has 146 valence electrons. The number of benzene rings is 1. The lowest BCUT2D eigenvalue weighted by atomic mass is 9.83. The molecule has 4 rings (SSSR count). The van der Waals surface area contributed by atoms with Crippen LogP contribution in [0, 0.1) is 0 Å².